The van der Waals surface area contributed by atoms with E-state index >= 15 is 0 Å². The third kappa shape index (κ3) is 3.22. The van der Waals surface area contributed by atoms with Gasteiger partial charge in [0.25, 0.3) is 0 Å². The predicted octanol–water partition coefficient (Wildman–Crippen LogP) is 0.580. The highest BCUT2D eigenvalue weighted by Gasteiger charge is 2.17. The average molecular weight is 236 g/mol. The van der Waals surface area contributed by atoms with Crippen molar-refractivity contribution in [1.82, 2.24) is 0 Å². The van der Waals surface area contributed by atoms with Crippen LogP contribution in [0.3, 0.4) is 0 Å². The molecule has 0 aliphatic carbocycles. The van der Waals surface area contributed by atoms with Gasteiger partial charge in [0.2, 0.25) is 0 Å². The molecule has 2 N–H and O–H groups in total. The van der Waals surface area contributed by atoms with Gasteiger partial charge in [-0.25, -0.2) is 0 Å². The van der Waals surface area contributed by atoms with Gasteiger partial charge in [-0.05, 0) is 36.9 Å². The Bertz CT molecular complexity index is 375. The first-order valence-electron chi connectivity index (χ1n) is 5.92. The number of rotatable bonds is 3. The van der Waals surface area contributed by atoms with E-state index in [1.54, 1.807) is 18.2 Å². The molecule has 1 aliphatic rings. The lowest BCUT2D eigenvalue weighted by molar-refractivity contribution is -0.106. The fraction of sp³-hybridized carbons (Fsp3) is 0.500. The molecule has 1 aliphatic heterocycles. The Kier molecular flexibility index (Phi) is 4.04. The van der Waals surface area contributed by atoms with Crippen LogP contribution in [0.1, 0.15) is 24.8 Å². The van der Waals surface area contributed by atoms with Crippen LogP contribution in [0.2, 0.25) is 0 Å². The van der Waals surface area contributed by atoms with Crippen molar-refractivity contribution in [1.29, 1.82) is 0 Å². The molecule has 0 amide bonds. The molecule has 17 heavy (non-hydrogen) atoms. The zero-order chi connectivity index (χ0) is 12.3. The molecule has 1 fully saturated rings. The van der Waals surface area contributed by atoms with Gasteiger partial charge in [-0.1, -0.05) is 12.1 Å². The zero-order valence-corrected chi connectivity index (χ0v) is 9.93. The second kappa shape index (κ2) is 5.53. The second-order valence-electron chi connectivity index (χ2n) is 4.31. The van der Waals surface area contributed by atoms with Crippen molar-refractivity contribution in [3.63, 3.8) is 0 Å². The van der Waals surface area contributed by atoms with Gasteiger partial charge < -0.3 is 19.5 Å². The molecule has 1 heterocycles. The minimum absolute atomic E-state index is 0.174. The normalized spacial score (nSPS) is 20.1. The minimum Gasteiger partial charge on any atom is -0.465 e. The number of aryl methyl sites for hydroxylation is 1. The number of hydrogen-bond donors (Lipinski definition) is 2. The molecule has 0 spiro atoms. The van der Waals surface area contributed by atoms with Crippen molar-refractivity contribution < 1.29 is 19.5 Å². The van der Waals surface area contributed by atoms with Crippen LogP contribution in [-0.4, -0.2) is 30.1 Å². The molecule has 92 valence electrons. The van der Waals surface area contributed by atoms with Gasteiger partial charge in [-0.15, -0.1) is 0 Å². The summed E-state index contributed by atoms with van der Waals surface area (Å²) in [6.45, 7) is 2.63. The summed E-state index contributed by atoms with van der Waals surface area (Å²) in [4.78, 5) is 0. The Morgan fingerprint density at radius 2 is 2.18 bits per heavy atom. The quantitative estimate of drug-likeness (QED) is 0.753. The van der Waals surface area contributed by atoms with Crippen molar-refractivity contribution >= 4 is 12.6 Å². The zero-order valence-electron chi connectivity index (χ0n) is 9.93. The van der Waals surface area contributed by atoms with E-state index in [1.807, 2.05) is 6.92 Å². The first kappa shape index (κ1) is 12.4. The molecule has 5 heteroatoms. The molecule has 1 atom stereocenters. The van der Waals surface area contributed by atoms with Crippen molar-refractivity contribution in [2.45, 2.75) is 32.5 Å². The molecule has 1 aromatic rings. The highest BCUT2D eigenvalue weighted by molar-refractivity contribution is 6.58. The lowest BCUT2D eigenvalue weighted by Crippen LogP contribution is -2.30. The van der Waals surface area contributed by atoms with E-state index < -0.39 is 7.12 Å². The summed E-state index contributed by atoms with van der Waals surface area (Å²) in [7, 11) is -1.44. The summed E-state index contributed by atoms with van der Waals surface area (Å²) in [6.07, 6.45) is 2.95. The van der Waals surface area contributed by atoms with E-state index in [2.05, 4.69) is 0 Å². The van der Waals surface area contributed by atoms with Crippen LogP contribution in [-0.2, 0) is 4.74 Å². The van der Waals surface area contributed by atoms with E-state index in [1.165, 1.54) is 0 Å². The summed E-state index contributed by atoms with van der Waals surface area (Å²) >= 11 is 0. The Hall–Kier alpha value is -1.04. The van der Waals surface area contributed by atoms with E-state index in [0.717, 1.165) is 37.2 Å². The van der Waals surface area contributed by atoms with Gasteiger partial charge in [0.15, 0.2) is 6.29 Å². The Morgan fingerprint density at radius 1 is 1.35 bits per heavy atom. The summed E-state index contributed by atoms with van der Waals surface area (Å²) in [5, 5.41) is 18.1. The SMILES string of the molecule is Cc1cc(B(O)O)ccc1OC1CCCCO1. The molecular formula is C12H17BO4. The van der Waals surface area contributed by atoms with Gasteiger partial charge in [0.1, 0.15) is 5.75 Å². The monoisotopic (exact) mass is 236 g/mol. The van der Waals surface area contributed by atoms with Crippen molar-refractivity contribution in [2.24, 2.45) is 0 Å². The largest absolute Gasteiger partial charge is 0.488 e. The minimum atomic E-state index is -1.44. The molecule has 0 saturated carbocycles. The van der Waals surface area contributed by atoms with Crippen molar-refractivity contribution in [3.05, 3.63) is 23.8 Å². The topological polar surface area (TPSA) is 58.9 Å². The second-order valence-corrected chi connectivity index (χ2v) is 4.31. The van der Waals surface area contributed by atoms with Crippen molar-refractivity contribution in [3.8, 4) is 5.75 Å². The van der Waals surface area contributed by atoms with Gasteiger partial charge in [0.05, 0.1) is 6.61 Å². The molecule has 1 unspecified atom stereocenters. The Labute approximate surface area is 101 Å². The predicted molar refractivity (Wildman–Crippen MR) is 65.2 cm³/mol. The standard InChI is InChI=1S/C12H17BO4/c1-9-8-10(13(14)15)5-6-11(9)17-12-4-2-3-7-16-12/h5-6,8,12,14-15H,2-4,7H2,1H3. The Morgan fingerprint density at radius 3 is 2.76 bits per heavy atom. The van der Waals surface area contributed by atoms with E-state index in [9.17, 15) is 0 Å². The molecule has 1 saturated heterocycles. The van der Waals surface area contributed by atoms with Gasteiger partial charge in [-0.3, -0.25) is 0 Å². The third-order valence-corrected chi connectivity index (χ3v) is 2.89. The van der Waals surface area contributed by atoms with Gasteiger partial charge in [0, 0.05) is 6.42 Å². The maximum atomic E-state index is 9.05. The van der Waals surface area contributed by atoms with Crippen molar-refractivity contribution in [2.75, 3.05) is 6.61 Å². The third-order valence-electron chi connectivity index (χ3n) is 2.89. The molecule has 0 bridgehead atoms. The summed E-state index contributed by atoms with van der Waals surface area (Å²) < 4.78 is 11.2. The van der Waals surface area contributed by atoms with Crippen LogP contribution in [0.15, 0.2) is 18.2 Å². The molecule has 4 nitrogen and oxygen atoms in total. The van der Waals surface area contributed by atoms with Crippen LogP contribution >= 0.6 is 0 Å². The molecular weight excluding hydrogens is 219 g/mol. The summed E-state index contributed by atoms with van der Waals surface area (Å²) in [6, 6.07) is 5.11. The Balaban J connectivity index is 2.05. The first-order valence-corrected chi connectivity index (χ1v) is 5.92. The lowest BCUT2D eigenvalue weighted by Gasteiger charge is -2.24. The highest BCUT2D eigenvalue weighted by Crippen LogP contribution is 2.21. The van der Waals surface area contributed by atoms with Crippen LogP contribution < -0.4 is 10.2 Å². The first-order chi connectivity index (χ1) is 8.16. The van der Waals surface area contributed by atoms with E-state index in [4.69, 9.17) is 19.5 Å². The summed E-state index contributed by atoms with van der Waals surface area (Å²) in [5.41, 5.74) is 1.35. The fourth-order valence-corrected chi connectivity index (χ4v) is 1.91. The van der Waals surface area contributed by atoms with E-state index in [0.29, 0.717) is 5.46 Å². The van der Waals surface area contributed by atoms with Crippen LogP contribution in [0.25, 0.3) is 0 Å². The maximum absolute atomic E-state index is 9.05. The average Bonchev–Trinajstić information content (AvgIpc) is 2.33. The number of ether oxygens (including phenoxy) is 2. The fourth-order valence-electron chi connectivity index (χ4n) is 1.91. The molecule has 1 aromatic carbocycles. The highest BCUT2D eigenvalue weighted by atomic mass is 16.7. The van der Waals surface area contributed by atoms with E-state index in [-0.39, 0.29) is 6.29 Å². The van der Waals surface area contributed by atoms with Crippen LogP contribution in [0.5, 0.6) is 5.75 Å². The maximum Gasteiger partial charge on any atom is 0.488 e. The van der Waals surface area contributed by atoms with Gasteiger partial charge >= 0.3 is 7.12 Å². The number of benzene rings is 1. The molecule has 2 rings (SSSR count). The summed E-state index contributed by atoms with van der Waals surface area (Å²) in [5.74, 6) is 0.737. The molecule has 0 radical (unpaired) electrons. The lowest BCUT2D eigenvalue weighted by atomic mass is 9.79. The number of hydrogen-bond acceptors (Lipinski definition) is 4. The molecule has 0 aromatic heterocycles. The van der Waals surface area contributed by atoms with Gasteiger partial charge in [-0.2, -0.15) is 0 Å². The van der Waals surface area contributed by atoms with Crippen LogP contribution in [0.4, 0.5) is 0 Å². The smallest absolute Gasteiger partial charge is 0.465 e. The van der Waals surface area contributed by atoms with Crippen LogP contribution in [0, 0.1) is 6.92 Å².